The fourth-order valence-corrected chi connectivity index (χ4v) is 0.998. The van der Waals surface area contributed by atoms with Crippen LogP contribution in [0.4, 0.5) is 0 Å². The standard InChI is InChI=1S/C6H10N4OS/c7-5(12)2-1-3-10-4-8-9-6(10)11/h4H,1-3H2,(H2,7,12)(H,9,11). The Hall–Kier alpha value is -1.17. The number of aromatic amines is 1. The van der Waals surface area contributed by atoms with E-state index < -0.39 is 0 Å². The van der Waals surface area contributed by atoms with Gasteiger partial charge in [-0.15, -0.1) is 0 Å². The molecule has 0 radical (unpaired) electrons. The summed E-state index contributed by atoms with van der Waals surface area (Å²) in [7, 11) is 0. The number of hydrogen-bond donors (Lipinski definition) is 2. The van der Waals surface area contributed by atoms with Crippen molar-refractivity contribution < 1.29 is 0 Å². The van der Waals surface area contributed by atoms with Crippen molar-refractivity contribution in [1.82, 2.24) is 14.8 Å². The molecule has 1 aromatic heterocycles. The fraction of sp³-hybridized carbons (Fsp3) is 0.500. The lowest BCUT2D eigenvalue weighted by molar-refractivity contribution is 0.638. The van der Waals surface area contributed by atoms with E-state index in [0.717, 1.165) is 6.42 Å². The van der Waals surface area contributed by atoms with Gasteiger partial charge in [0.25, 0.3) is 0 Å². The van der Waals surface area contributed by atoms with Crippen LogP contribution >= 0.6 is 12.2 Å². The van der Waals surface area contributed by atoms with Gasteiger partial charge in [0.15, 0.2) is 0 Å². The Morgan fingerprint density at radius 1 is 1.83 bits per heavy atom. The van der Waals surface area contributed by atoms with E-state index in [0.29, 0.717) is 18.0 Å². The van der Waals surface area contributed by atoms with Gasteiger partial charge in [-0.05, 0) is 12.8 Å². The van der Waals surface area contributed by atoms with E-state index in [9.17, 15) is 4.79 Å². The summed E-state index contributed by atoms with van der Waals surface area (Å²) in [4.78, 5) is 11.4. The molecular weight excluding hydrogens is 176 g/mol. The van der Waals surface area contributed by atoms with Crippen LogP contribution in [0, 0.1) is 0 Å². The Labute approximate surface area is 74.6 Å². The van der Waals surface area contributed by atoms with E-state index in [4.69, 9.17) is 18.0 Å². The number of thiocarbonyl (C=S) groups is 1. The average Bonchev–Trinajstić information content (AvgIpc) is 2.36. The molecular formula is C6H10N4OS. The summed E-state index contributed by atoms with van der Waals surface area (Å²) in [6.07, 6.45) is 2.89. The van der Waals surface area contributed by atoms with Crippen LogP contribution in [0.2, 0.25) is 0 Å². The Kier molecular flexibility index (Phi) is 2.98. The molecule has 1 aromatic rings. The maximum Gasteiger partial charge on any atom is 0.343 e. The number of hydrogen-bond acceptors (Lipinski definition) is 3. The van der Waals surface area contributed by atoms with Crippen molar-refractivity contribution >= 4 is 17.2 Å². The van der Waals surface area contributed by atoms with Gasteiger partial charge in [-0.25, -0.2) is 9.89 Å². The first-order valence-electron chi connectivity index (χ1n) is 3.58. The maximum atomic E-state index is 10.9. The van der Waals surface area contributed by atoms with Crippen LogP contribution in [-0.2, 0) is 6.54 Å². The number of aromatic nitrogens is 3. The predicted molar refractivity (Wildman–Crippen MR) is 48.9 cm³/mol. The van der Waals surface area contributed by atoms with Gasteiger partial charge < -0.3 is 5.73 Å². The molecule has 0 atom stereocenters. The number of H-pyrrole nitrogens is 1. The second-order valence-corrected chi connectivity index (χ2v) is 2.95. The number of nitrogens with two attached hydrogens (primary N) is 1. The highest BCUT2D eigenvalue weighted by atomic mass is 32.1. The van der Waals surface area contributed by atoms with E-state index in [1.165, 1.54) is 10.9 Å². The van der Waals surface area contributed by atoms with Gasteiger partial charge in [-0.2, -0.15) is 5.10 Å². The van der Waals surface area contributed by atoms with Crippen LogP contribution in [0.15, 0.2) is 11.1 Å². The van der Waals surface area contributed by atoms with Crippen molar-refractivity contribution in [2.45, 2.75) is 19.4 Å². The highest BCUT2D eigenvalue weighted by Crippen LogP contribution is 1.91. The summed E-state index contributed by atoms with van der Waals surface area (Å²) >= 11 is 4.69. The van der Waals surface area contributed by atoms with Crippen molar-refractivity contribution in [3.63, 3.8) is 0 Å². The van der Waals surface area contributed by atoms with Crippen LogP contribution in [-0.4, -0.2) is 19.8 Å². The summed E-state index contributed by atoms with van der Waals surface area (Å²) in [5.41, 5.74) is 5.09. The van der Waals surface area contributed by atoms with Crippen molar-refractivity contribution in [3.05, 3.63) is 16.8 Å². The van der Waals surface area contributed by atoms with Gasteiger partial charge in [0.1, 0.15) is 6.33 Å². The van der Waals surface area contributed by atoms with Crippen molar-refractivity contribution in [1.29, 1.82) is 0 Å². The SMILES string of the molecule is NC(=S)CCCn1cn[nH]c1=O. The van der Waals surface area contributed by atoms with E-state index in [1.54, 1.807) is 0 Å². The maximum absolute atomic E-state index is 10.9. The third-order valence-electron chi connectivity index (χ3n) is 1.44. The first-order chi connectivity index (χ1) is 5.70. The number of aryl methyl sites for hydroxylation is 1. The van der Waals surface area contributed by atoms with E-state index in [2.05, 4.69) is 10.2 Å². The van der Waals surface area contributed by atoms with E-state index >= 15 is 0 Å². The minimum Gasteiger partial charge on any atom is -0.393 e. The Balaban J connectivity index is 2.39. The molecule has 1 heterocycles. The van der Waals surface area contributed by atoms with Gasteiger partial charge in [-0.3, -0.25) is 4.57 Å². The lowest BCUT2D eigenvalue weighted by Crippen LogP contribution is -2.17. The topological polar surface area (TPSA) is 76.7 Å². The summed E-state index contributed by atoms with van der Waals surface area (Å²) < 4.78 is 1.48. The minimum atomic E-state index is -0.196. The largest absolute Gasteiger partial charge is 0.393 e. The highest BCUT2D eigenvalue weighted by molar-refractivity contribution is 7.80. The molecule has 0 aliphatic rings. The monoisotopic (exact) mass is 186 g/mol. The zero-order valence-electron chi connectivity index (χ0n) is 6.49. The normalized spacial score (nSPS) is 10.0. The fourth-order valence-electron chi connectivity index (χ4n) is 0.853. The molecule has 0 saturated heterocycles. The third-order valence-corrected chi connectivity index (χ3v) is 1.64. The molecule has 5 nitrogen and oxygen atoms in total. The number of nitrogens with zero attached hydrogens (tertiary/aromatic N) is 2. The van der Waals surface area contributed by atoms with Gasteiger partial charge in [0.05, 0.1) is 4.99 Å². The molecule has 0 bridgehead atoms. The Bertz CT molecular complexity index is 315. The van der Waals surface area contributed by atoms with Crippen LogP contribution < -0.4 is 11.4 Å². The van der Waals surface area contributed by atoms with Gasteiger partial charge in [0, 0.05) is 6.54 Å². The zero-order chi connectivity index (χ0) is 8.97. The molecule has 0 aliphatic heterocycles. The van der Waals surface area contributed by atoms with Gasteiger partial charge in [0.2, 0.25) is 0 Å². The molecule has 6 heteroatoms. The second-order valence-electron chi connectivity index (χ2n) is 2.42. The highest BCUT2D eigenvalue weighted by Gasteiger charge is 1.96. The van der Waals surface area contributed by atoms with Gasteiger partial charge in [-0.1, -0.05) is 12.2 Å². The van der Waals surface area contributed by atoms with Crippen molar-refractivity contribution in [2.24, 2.45) is 5.73 Å². The molecule has 0 aromatic carbocycles. The zero-order valence-corrected chi connectivity index (χ0v) is 7.30. The van der Waals surface area contributed by atoms with Crippen molar-refractivity contribution in [3.8, 4) is 0 Å². The van der Waals surface area contributed by atoms with Crippen LogP contribution in [0.5, 0.6) is 0 Å². The molecule has 3 N–H and O–H groups in total. The molecule has 0 unspecified atom stereocenters. The quantitative estimate of drug-likeness (QED) is 0.629. The lowest BCUT2D eigenvalue weighted by Gasteiger charge is -1.97. The smallest absolute Gasteiger partial charge is 0.343 e. The predicted octanol–water partition coefficient (Wildman–Crippen LogP) is -0.362. The number of rotatable bonds is 4. The Morgan fingerprint density at radius 2 is 2.58 bits per heavy atom. The molecule has 0 amide bonds. The van der Waals surface area contributed by atoms with Gasteiger partial charge >= 0.3 is 5.69 Å². The first kappa shape index (κ1) is 8.92. The Morgan fingerprint density at radius 3 is 3.08 bits per heavy atom. The van der Waals surface area contributed by atoms with Crippen LogP contribution in [0.1, 0.15) is 12.8 Å². The third kappa shape index (κ3) is 2.46. The number of nitrogens with one attached hydrogen (secondary N) is 1. The molecule has 0 saturated carbocycles. The molecule has 1 rings (SSSR count). The summed E-state index contributed by atoms with van der Waals surface area (Å²) in [5, 5.41) is 5.88. The van der Waals surface area contributed by atoms with Crippen LogP contribution in [0.3, 0.4) is 0 Å². The summed E-state index contributed by atoms with van der Waals surface area (Å²) in [6, 6.07) is 0. The summed E-state index contributed by atoms with van der Waals surface area (Å²) in [6.45, 7) is 0.604. The lowest BCUT2D eigenvalue weighted by atomic mass is 10.3. The molecule has 66 valence electrons. The molecule has 0 aliphatic carbocycles. The molecule has 0 spiro atoms. The van der Waals surface area contributed by atoms with Crippen molar-refractivity contribution in [2.75, 3.05) is 0 Å². The van der Waals surface area contributed by atoms with E-state index in [-0.39, 0.29) is 5.69 Å². The molecule has 0 fully saturated rings. The first-order valence-corrected chi connectivity index (χ1v) is 3.99. The second kappa shape index (κ2) is 4.01. The summed E-state index contributed by atoms with van der Waals surface area (Å²) in [5.74, 6) is 0. The minimum absolute atomic E-state index is 0.196. The average molecular weight is 186 g/mol. The van der Waals surface area contributed by atoms with E-state index in [1.807, 2.05) is 0 Å². The van der Waals surface area contributed by atoms with Crippen LogP contribution in [0.25, 0.3) is 0 Å². The molecule has 12 heavy (non-hydrogen) atoms.